The number of carbonyl (C=O) groups is 2. The van der Waals surface area contributed by atoms with Crippen LogP contribution in [0.2, 0.25) is 0 Å². The van der Waals surface area contributed by atoms with Crippen LogP contribution in [0.3, 0.4) is 0 Å². The molecule has 0 radical (unpaired) electrons. The van der Waals surface area contributed by atoms with Crippen molar-refractivity contribution >= 4 is 34.0 Å². The quantitative estimate of drug-likeness (QED) is 0.653. The first-order valence-corrected chi connectivity index (χ1v) is 9.58. The van der Waals surface area contributed by atoms with Crippen molar-refractivity contribution < 1.29 is 9.59 Å². The number of benzene rings is 2. The van der Waals surface area contributed by atoms with Crippen molar-refractivity contribution in [2.75, 3.05) is 10.6 Å². The first-order chi connectivity index (χ1) is 13.0. The minimum Gasteiger partial charge on any atom is -0.326 e. The number of hydrogen-bond donors (Lipinski definition) is 2. The Labute approximate surface area is 162 Å². The molecule has 0 atom stereocenters. The lowest BCUT2D eigenvalue weighted by Crippen LogP contribution is -2.13. The molecular weight excluding hydrogens is 358 g/mol. The molecule has 2 aromatic carbocycles. The second-order valence-electron chi connectivity index (χ2n) is 6.29. The number of rotatable bonds is 5. The van der Waals surface area contributed by atoms with E-state index in [1.54, 1.807) is 31.2 Å². The van der Waals surface area contributed by atoms with E-state index in [0.29, 0.717) is 22.8 Å². The molecule has 0 aliphatic rings. The van der Waals surface area contributed by atoms with Crippen molar-refractivity contribution in [3.05, 3.63) is 64.5 Å². The van der Waals surface area contributed by atoms with Crippen LogP contribution in [-0.4, -0.2) is 16.8 Å². The molecule has 2 N–H and O–H groups in total. The number of aromatic nitrogens is 1. The number of aryl methyl sites for hydroxylation is 2. The van der Waals surface area contributed by atoms with Gasteiger partial charge in [0.15, 0.2) is 5.13 Å². The Bertz CT molecular complexity index is 995. The lowest BCUT2D eigenvalue weighted by atomic mass is 10.0. The normalized spacial score (nSPS) is 10.5. The average Bonchev–Trinajstić information content (AvgIpc) is 3.10. The van der Waals surface area contributed by atoms with Crippen LogP contribution in [0.15, 0.2) is 47.8 Å². The number of nitrogens with one attached hydrogen (secondary N) is 2. The Hall–Kier alpha value is -2.99. The number of hydrogen-bond acceptors (Lipinski definition) is 4. The maximum absolute atomic E-state index is 12.5. The second kappa shape index (κ2) is 8.14. The highest BCUT2D eigenvalue weighted by atomic mass is 32.1. The van der Waals surface area contributed by atoms with Crippen molar-refractivity contribution in [1.29, 1.82) is 0 Å². The van der Waals surface area contributed by atoms with Gasteiger partial charge in [0, 0.05) is 28.6 Å². The van der Waals surface area contributed by atoms with Gasteiger partial charge in [-0.05, 0) is 37.6 Å². The third-order valence-electron chi connectivity index (χ3n) is 4.11. The second-order valence-corrected chi connectivity index (χ2v) is 7.15. The molecule has 0 fully saturated rings. The van der Waals surface area contributed by atoms with Gasteiger partial charge in [0.2, 0.25) is 5.91 Å². The fourth-order valence-electron chi connectivity index (χ4n) is 2.71. The highest BCUT2D eigenvalue weighted by Gasteiger charge is 2.12. The molecule has 0 aliphatic heterocycles. The van der Waals surface area contributed by atoms with Gasteiger partial charge in [-0.1, -0.05) is 36.8 Å². The molecule has 6 heteroatoms. The minimum absolute atomic E-state index is 0.0920. The van der Waals surface area contributed by atoms with E-state index in [9.17, 15) is 9.59 Å². The molecule has 0 spiro atoms. The molecule has 0 saturated heterocycles. The van der Waals surface area contributed by atoms with Gasteiger partial charge in [-0.15, -0.1) is 11.3 Å². The molecule has 0 bridgehead atoms. The van der Waals surface area contributed by atoms with E-state index < -0.39 is 0 Å². The third kappa shape index (κ3) is 4.60. The molecule has 0 unspecified atom stereocenters. The number of nitrogens with zero attached hydrogens (tertiary/aromatic N) is 1. The van der Waals surface area contributed by atoms with Crippen LogP contribution in [0, 0.1) is 13.8 Å². The average molecular weight is 379 g/mol. The van der Waals surface area contributed by atoms with Gasteiger partial charge in [0.25, 0.3) is 5.91 Å². The van der Waals surface area contributed by atoms with Gasteiger partial charge in [-0.25, -0.2) is 4.98 Å². The van der Waals surface area contributed by atoms with Crippen LogP contribution >= 0.6 is 11.3 Å². The summed E-state index contributed by atoms with van der Waals surface area (Å²) in [6.45, 7) is 5.89. The van der Waals surface area contributed by atoms with Crippen LogP contribution in [0.1, 0.15) is 34.8 Å². The van der Waals surface area contributed by atoms with Crippen LogP contribution in [0.25, 0.3) is 11.3 Å². The Morgan fingerprint density at radius 3 is 2.63 bits per heavy atom. The van der Waals surface area contributed by atoms with Crippen molar-refractivity contribution in [2.24, 2.45) is 0 Å². The zero-order valence-corrected chi connectivity index (χ0v) is 16.3. The van der Waals surface area contributed by atoms with Gasteiger partial charge in [-0.2, -0.15) is 0 Å². The predicted octanol–water partition coefficient (Wildman–Crippen LogP) is 5.03. The fraction of sp³-hybridized carbons (Fsp3) is 0.190. The molecule has 27 heavy (non-hydrogen) atoms. The molecule has 3 rings (SSSR count). The van der Waals surface area contributed by atoms with Gasteiger partial charge in [0.1, 0.15) is 0 Å². The Kier molecular flexibility index (Phi) is 5.66. The maximum atomic E-state index is 12.5. The molecular formula is C21H21N3O2S. The number of carbonyl (C=O) groups excluding carboxylic acids is 2. The molecule has 0 saturated carbocycles. The summed E-state index contributed by atoms with van der Waals surface area (Å²) in [5, 5.41) is 8.06. The maximum Gasteiger partial charge on any atom is 0.257 e. The predicted molar refractivity (Wildman–Crippen MR) is 110 cm³/mol. The molecule has 1 aromatic heterocycles. The van der Waals surface area contributed by atoms with E-state index in [4.69, 9.17) is 0 Å². The standard InChI is InChI=1S/C21H21N3O2S/c1-4-19(25)22-16-7-5-6-15(11-16)20(26)24-21-23-18(12-27-21)17-9-8-13(2)10-14(17)3/h5-12H,4H2,1-3H3,(H,22,25)(H,23,24,26). The van der Waals surface area contributed by atoms with E-state index >= 15 is 0 Å². The first-order valence-electron chi connectivity index (χ1n) is 8.70. The SMILES string of the molecule is CCC(=O)Nc1cccc(C(=O)Nc2nc(-c3ccc(C)cc3C)cs2)c1. The number of anilines is 2. The van der Waals surface area contributed by atoms with E-state index in [2.05, 4.69) is 41.6 Å². The fourth-order valence-corrected chi connectivity index (χ4v) is 3.42. The molecule has 2 amide bonds. The highest BCUT2D eigenvalue weighted by Crippen LogP contribution is 2.28. The Morgan fingerprint density at radius 2 is 1.89 bits per heavy atom. The zero-order chi connectivity index (χ0) is 19.4. The zero-order valence-electron chi connectivity index (χ0n) is 15.5. The summed E-state index contributed by atoms with van der Waals surface area (Å²) in [5.74, 6) is -0.352. The summed E-state index contributed by atoms with van der Waals surface area (Å²) >= 11 is 1.39. The lowest BCUT2D eigenvalue weighted by Gasteiger charge is -2.06. The molecule has 3 aromatic rings. The highest BCUT2D eigenvalue weighted by molar-refractivity contribution is 7.14. The summed E-state index contributed by atoms with van der Waals surface area (Å²) in [4.78, 5) is 28.6. The largest absolute Gasteiger partial charge is 0.326 e. The van der Waals surface area contributed by atoms with E-state index in [1.165, 1.54) is 16.9 Å². The van der Waals surface area contributed by atoms with Gasteiger partial charge >= 0.3 is 0 Å². The molecule has 1 heterocycles. The first kappa shape index (κ1) is 18.8. The number of thiazole rings is 1. The molecule has 0 aliphatic carbocycles. The van der Waals surface area contributed by atoms with Crippen LogP contribution < -0.4 is 10.6 Å². The lowest BCUT2D eigenvalue weighted by molar-refractivity contribution is -0.115. The Morgan fingerprint density at radius 1 is 1.07 bits per heavy atom. The van der Waals surface area contributed by atoms with Gasteiger partial charge in [0.05, 0.1) is 5.69 Å². The summed E-state index contributed by atoms with van der Waals surface area (Å²) in [6, 6.07) is 13.1. The van der Waals surface area contributed by atoms with Crippen LogP contribution in [-0.2, 0) is 4.79 Å². The summed E-state index contributed by atoms with van der Waals surface area (Å²) in [7, 11) is 0. The summed E-state index contributed by atoms with van der Waals surface area (Å²) in [5.41, 5.74) is 5.32. The molecule has 138 valence electrons. The summed E-state index contributed by atoms with van der Waals surface area (Å²) < 4.78 is 0. The smallest absolute Gasteiger partial charge is 0.257 e. The van der Waals surface area contributed by atoms with Crippen molar-refractivity contribution in [1.82, 2.24) is 4.98 Å². The van der Waals surface area contributed by atoms with Crippen LogP contribution in [0.5, 0.6) is 0 Å². The van der Waals surface area contributed by atoms with Crippen molar-refractivity contribution in [3.8, 4) is 11.3 Å². The van der Waals surface area contributed by atoms with Crippen molar-refractivity contribution in [3.63, 3.8) is 0 Å². The van der Waals surface area contributed by atoms with Crippen molar-refractivity contribution in [2.45, 2.75) is 27.2 Å². The third-order valence-corrected chi connectivity index (χ3v) is 4.87. The monoisotopic (exact) mass is 379 g/mol. The van der Waals surface area contributed by atoms with Gasteiger partial charge < -0.3 is 5.32 Å². The Balaban J connectivity index is 1.74. The van der Waals surface area contributed by atoms with E-state index in [0.717, 1.165) is 16.8 Å². The van der Waals surface area contributed by atoms with Gasteiger partial charge in [-0.3, -0.25) is 14.9 Å². The minimum atomic E-state index is -0.260. The number of amides is 2. The topological polar surface area (TPSA) is 71.1 Å². The summed E-state index contributed by atoms with van der Waals surface area (Å²) in [6.07, 6.45) is 0.386. The van der Waals surface area contributed by atoms with E-state index in [1.807, 2.05) is 11.4 Å². The van der Waals surface area contributed by atoms with Crippen LogP contribution in [0.4, 0.5) is 10.8 Å². The molecule has 5 nitrogen and oxygen atoms in total. The van der Waals surface area contributed by atoms with E-state index in [-0.39, 0.29) is 11.8 Å².